The zero-order chi connectivity index (χ0) is 14.0. The minimum absolute atomic E-state index is 0.171. The van der Waals surface area contributed by atoms with Crippen molar-refractivity contribution in [2.45, 2.75) is 39.8 Å². The molecular formula is C16H24N2O. The predicted octanol–water partition coefficient (Wildman–Crippen LogP) is 2.45. The van der Waals surface area contributed by atoms with Gasteiger partial charge in [-0.25, -0.2) is 0 Å². The number of amides is 1. The molecule has 1 amide bonds. The first-order valence-corrected chi connectivity index (χ1v) is 7.10. The number of hydrogen-bond donors (Lipinski definition) is 1. The SMILES string of the molecule is Cc1ccccc1C(=O)N1CC(C)NCC1C(C)C. The van der Waals surface area contributed by atoms with Crippen molar-refractivity contribution in [1.82, 2.24) is 10.2 Å². The second-order valence-electron chi connectivity index (χ2n) is 5.89. The second-order valence-corrected chi connectivity index (χ2v) is 5.89. The molecule has 3 heteroatoms. The monoisotopic (exact) mass is 260 g/mol. The predicted molar refractivity (Wildman–Crippen MR) is 78.3 cm³/mol. The van der Waals surface area contributed by atoms with Crippen molar-refractivity contribution in [2.24, 2.45) is 5.92 Å². The second kappa shape index (κ2) is 5.74. The largest absolute Gasteiger partial charge is 0.333 e. The molecule has 1 aromatic carbocycles. The van der Waals surface area contributed by atoms with Crippen molar-refractivity contribution in [3.8, 4) is 0 Å². The van der Waals surface area contributed by atoms with Gasteiger partial charge in [-0.1, -0.05) is 32.0 Å². The normalized spacial score (nSPS) is 23.7. The number of rotatable bonds is 2. The van der Waals surface area contributed by atoms with E-state index in [1.165, 1.54) is 0 Å². The maximum absolute atomic E-state index is 12.8. The lowest BCUT2D eigenvalue weighted by atomic mass is 9.97. The van der Waals surface area contributed by atoms with E-state index < -0.39 is 0 Å². The van der Waals surface area contributed by atoms with Crippen molar-refractivity contribution in [3.63, 3.8) is 0 Å². The van der Waals surface area contributed by atoms with Gasteiger partial charge in [-0.3, -0.25) is 4.79 Å². The fraction of sp³-hybridized carbons (Fsp3) is 0.562. The van der Waals surface area contributed by atoms with E-state index in [2.05, 4.69) is 26.1 Å². The molecule has 1 aromatic rings. The van der Waals surface area contributed by atoms with Gasteiger partial charge in [0.1, 0.15) is 0 Å². The van der Waals surface area contributed by atoms with E-state index in [0.717, 1.165) is 24.2 Å². The minimum atomic E-state index is 0.171. The average molecular weight is 260 g/mol. The summed E-state index contributed by atoms with van der Waals surface area (Å²) in [5.41, 5.74) is 1.89. The third kappa shape index (κ3) is 2.98. The van der Waals surface area contributed by atoms with E-state index in [9.17, 15) is 4.79 Å². The number of benzene rings is 1. The Balaban J connectivity index is 2.27. The fourth-order valence-corrected chi connectivity index (χ4v) is 2.72. The maximum atomic E-state index is 12.8. The van der Waals surface area contributed by atoms with Crippen LogP contribution in [0.1, 0.15) is 36.7 Å². The van der Waals surface area contributed by atoms with E-state index in [1.807, 2.05) is 36.1 Å². The molecule has 1 fully saturated rings. The molecule has 0 bridgehead atoms. The molecule has 3 nitrogen and oxygen atoms in total. The van der Waals surface area contributed by atoms with Crippen LogP contribution in [0.3, 0.4) is 0 Å². The van der Waals surface area contributed by atoms with Crippen LogP contribution in [-0.4, -0.2) is 36.0 Å². The third-order valence-electron chi connectivity index (χ3n) is 3.95. The lowest BCUT2D eigenvalue weighted by molar-refractivity contribution is 0.0521. The van der Waals surface area contributed by atoms with Gasteiger partial charge in [0.25, 0.3) is 5.91 Å². The zero-order valence-electron chi connectivity index (χ0n) is 12.3. The highest BCUT2D eigenvalue weighted by molar-refractivity contribution is 5.96. The Bertz CT molecular complexity index is 456. The third-order valence-corrected chi connectivity index (χ3v) is 3.95. The summed E-state index contributed by atoms with van der Waals surface area (Å²) in [6.45, 7) is 10.2. The summed E-state index contributed by atoms with van der Waals surface area (Å²) in [5.74, 6) is 0.637. The van der Waals surface area contributed by atoms with Gasteiger partial charge < -0.3 is 10.2 Å². The highest BCUT2D eigenvalue weighted by Gasteiger charge is 2.32. The summed E-state index contributed by atoms with van der Waals surface area (Å²) in [5, 5.41) is 3.47. The summed E-state index contributed by atoms with van der Waals surface area (Å²) in [4.78, 5) is 14.8. The first kappa shape index (κ1) is 14.1. The molecule has 1 aliphatic rings. The molecule has 2 rings (SSSR count). The smallest absolute Gasteiger partial charge is 0.254 e. The molecule has 1 saturated heterocycles. The highest BCUT2D eigenvalue weighted by atomic mass is 16.2. The quantitative estimate of drug-likeness (QED) is 0.886. The van der Waals surface area contributed by atoms with Gasteiger partial charge in [0, 0.05) is 30.7 Å². The van der Waals surface area contributed by atoms with Gasteiger partial charge >= 0.3 is 0 Å². The van der Waals surface area contributed by atoms with Gasteiger partial charge in [0.05, 0.1) is 0 Å². The Morgan fingerprint density at radius 2 is 2.05 bits per heavy atom. The van der Waals surface area contributed by atoms with Crippen LogP contribution in [0.25, 0.3) is 0 Å². The van der Waals surface area contributed by atoms with Crippen LogP contribution < -0.4 is 5.32 Å². The fourth-order valence-electron chi connectivity index (χ4n) is 2.72. The van der Waals surface area contributed by atoms with Crippen LogP contribution in [-0.2, 0) is 0 Å². The molecule has 2 unspecified atom stereocenters. The van der Waals surface area contributed by atoms with Crippen LogP contribution in [0.4, 0.5) is 0 Å². The van der Waals surface area contributed by atoms with Crippen molar-refractivity contribution in [3.05, 3.63) is 35.4 Å². The number of nitrogens with zero attached hydrogens (tertiary/aromatic N) is 1. The molecular weight excluding hydrogens is 236 g/mol. The van der Waals surface area contributed by atoms with Crippen LogP contribution >= 0.6 is 0 Å². The van der Waals surface area contributed by atoms with Crippen LogP contribution in [0.15, 0.2) is 24.3 Å². The minimum Gasteiger partial charge on any atom is -0.333 e. The Labute approximate surface area is 116 Å². The molecule has 1 N–H and O–H groups in total. The first-order valence-electron chi connectivity index (χ1n) is 7.10. The zero-order valence-corrected chi connectivity index (χ0v) is 12.3. The summed E-state index contributed by atoms with van der Waals surface area (Å²) in [6.07, 6.45) is 0. The first-order chi connectivity index (χ1) is 9.00. The average Bonchev–Trinajstić information content (AvgIpc) is 2.38. The Morgan fingerprint density at radius 3 is 2.68 bits per heavy atom. The highest BCUT2D eigenvalue weighted by Crippen LogP contribution is 2.19. The van der Waals surface area contributed by atoms with Gasteiger partial charge in [0.2, 0.25) is 0 Å². The number of nitrogens with one attached hydrogen (secondary N) is 1. The number of carbonyl (C=O) groups is 1. The van der Waals surface area contributed by atoms with Crippen LogP contribution in [0, 0.1) is 12.8 Å². The number of aryl methyl sites for hydroxylation is 1. The molecule has 0 aliphatic carbocycles. The van der Waals surface area contributed by atoms with E-state index in [1.54, 1.807) is 0 Å². The van der Waals surface area contributed by atoms with E-state index in [-0.39, 0.29) is 11.9 Å². The number of carbonyl (C=O) groups excluding carboxylic acids is 1. The molecule has 0 spiro atoms. The van der Waals surface area contributed by atoms with E-state index in [4.69, 9.17) is 0 Å². The summed E-state index contributed by atoms with van der Waals surface area (Å²) >= 11 is 0. The maximum Gasteiger partial charge on any atom is 0.254 e. The van der Waals surface area contributed by atoms with Crippen LogP contribution in [0.5, 0.6) is 0 Å². The standard InChI is InChI=1S/C16H24N2O/c1-11(2)15-9-17-13(4)10-18(15)16(19)14-8-6-5-7-12(14)3/h5-8,11,13,15,17H,9-10H2,1-4H3. The Hall–Kier alpha value is -1.35. The molecule has 2 atom stereocenters. The van der Waals surface area contributed by atoms with Crippen molar-refractivity contribution in [2.75, 3.05) is 13.1 Å². The Morgan fingerprint density at radius 1 is 1.37 bits per heavy atom. The van der Waals surface area contributed by atoms with Crippen molar-refractivity contribution >= 4 is 5.91 Å². The van der Waals surface area contributed by atoms with Crippen LogP contribution in [0.2, 0.25) is 0 Å². The molecule has 104 valence electrons. The summed E-state index contributed by atoms with van der Waals surface area (Å²) in [7, 11) is 0. The van der Waals surface area contributed by atoms with E-state index >= 15 is 0 Å². The van der Waals surface area contributed by atoms with Gasteiger partial charge in [0.15, 0.2) is 0 Å². The molecule has 1 heterocycles. The molecule has 19 heavy (non-hydrogen) atoms. The van der Waals surface area contributed by atoms with Crippen molar-refractivity contribution in [1.29, 1.82) is 0 Å². The van der Waals surface area contributed by atoms with E-state index in [0.29, 0.717) is 12.0 Å². The topological polar surface area (TPSA) is 32.3 Å². The lowest BCUT2D eigenvalue weighted by Crippen LogP contribution is -2.59. The molecule has 1 aliphatic heterocycles. The lowest BCUT2D eigenvalue weighted by Gasteiger charge is -2.41. The molecule has 0 radical (unpaired) electrons. The summed E-state index contributed by atoms with van der Waals surface area (Å²) < 4.78 is 0. The van der Waals surface area contributed by atoms with Gasteiger partial charge in [-0.2, -0.15) is 0 Å². The number of piperazine rings is 1. The van der Waals surface area contributed by atoms with Crippen molar-refractivity contribution < 1.29 is 4.79 Å². The number of hydrogen-bond acceptors (Lipinski definition) is 2. The summed E-state index contributed by atoms with van der Waals surface area (Å²) in [6, 6.07) is 8.50. The van der Waals surface area contributed by atoms with Gasteiger partial charge in [-0.15, -0.1) is 0 Å². The molecule has 0 aromatic heterocycles. The van der Waals surface area contributed by atoms with Gasteiger partial charge in [-0.05, 0) is 31.4 Å². The Kier molecular flexibility index (Phi) is 4.25. The molecule has 0 saturated carbocycles.